The maximum Gasteiger partial charge on any atom is 0.0266 e. The van der Waals surface area contributed by atoms with Crippen LogP contribution >= 0.6 is 0 Å². The van der Waals surface area contributed by atoms with Gasteiger partial charge in [-0.15, -0.1) is 0 Å². The van der Waals surface area contributed by atoms with Crippen molar-refractivity contribution in [2.75, 3.05) is 0 Å². The van der Waals surface area contributed by atoms with Gasteiger partial charge in [0.2, 0.25) is 0 Å². The van der Waals surface area contributed by atoms with Crippen LogP contribution in [-0.2, 0) is 6.42 Å². The third kappa shape index (κ3) is 2.35. The second-order valence-corrected chi connectivity index (χ2v) is 3.28. The van der Waals surface area contributed by atoms with Crippen molar-refractivity contribution < 1.29 is 0 Å². The van der Waals surface area contributed by atoms with Gasteiger partial charge in [-0.3, -0.25) is 0 Å². The van der Waals surface area contributed by atoms with Crippen LogP contribution in [0.2, 0.25) is 0 Å². The summed E-state index contributed by atoms with van der Waals surface area (Å²) in [6, 6.07) is 8.69. The highest BCUT2D eigenvalue weighted by atomic mass is 14.6. The molecule has 0 spiro atoms. The monoisotopic (exact) mass is 163 g/mol. The standard InChI is InChI=1S/C11H17N/c1-3-5-10-6-4-7-11(8-10)9(2)12/h4,6-9H,3,5,12H2,1-2H3. The van der Waals surface area contributed by atoms with E-state index in [0.717, 1.165) is 6.42 Å². The van der Waals surface area contributed by atoms with E-state index in [9.17, 15) is 0 Å². The van der Waals surface area contributed by atoms with Crippen molar-refractivity contribution >= 4 is 0 Å². The molecule has 1 nitrogen and oxygen atoms in total. The van der Waals surface area contributed by atoms with Crippen LogP contribution in [0.15, 0.2) is 24.3 Å². The Balaban J connectivity index is 2.81. The Morgan fingerprint density at radius 1 is 1.42 bits per heavy atom. The highest BCUT2D eigenvalue weighted by Gasteiger charge is 1.98. The molecular formula is C11H17N. The highest BCUT2D eigenvalue weighted by Crippen LogP contribution is 2.12. The fraction of sp³-hybridized carbons (Fsp3) is 0.455. The number of hydrogen-bond acceptors (Lipinski definition) is 1. The van der Waals surface area contributed by atoms with E-state index in [1.165, 1.54) is 17.5 Å². The average molecular weight is 163 g/mol. The van der Waals surface area contributed by atoms with Crippen LogP contribution in [-0.4, -0.2) is 0 Å². The summed E-state index contributed by atoms with van der Waals surface area (Å²) in [6.45, 7) is 4.21. The molecule has 1 atom stereocenters. The minimum Gasteiger partial charge on any atom is -0.324 e. The number of benzene rings is 1. The fourth-order valence-electron chi connectivity index (χ4n) is 1.32. The average Bonchev–Trinajstić information content (AvgIpc) is 2.05. The van der Waals surface area contributed by atoms with Gasteiger partial charge >= 0.3 is 0 Å². The van der Waals surface area contributed by atoms with Crippen LogP contribution in [0.5, 0.6) is 0 Å². The highest BCUT2D eigenvalue weighted by molar-refractivity contribution is 5.25. The number of nitrogens with two attached hydrogens (primary N) is 1. The first-order valence-electron chi connectivity index (χ1n) is 4.58. The van der Waals surface area contributed by atoms with E-state index in [1.807, 2.05) is 6.92 Å². The second-order valence-electron chi connectivity index (χ2n) is 3.28. The SMILES string of the molecule is CCCc1cccc(C(C)N)c1. The lowest BCUT2D eigenvalue weighted by Crippen LogP contribution is -2.04. The Kier molecular flexibility index (Phi) is 3.30. The lowest BCUT2D eigenvalue weighted by atomic mass is 10.0. The van der Waals surface area contributed by atoms with Gasteiger partial charge in [-0.05, 0) is 24.5 Å². The summed E-state index contributed by atoms with van der Waals surface area (Å²) in [5.74, 6) is 0. The van der Waals surface area contributed by atoms with Crippen molar-refractivity contribution in [3.8, 4) is 0 Å². The molecule has 0 radical (unpaired) electrons. The number of rotatable bonds is 3. The van der Waals surface area contributed by atoms with Crippen LogP contribution in [0.3, 0.4) is 0 Å². The minimum atomic E-state index is 0.154. The summed E-state index contributed by atoms with van der Waals surface area (Å²) in [5, 5.41) is 0. The Morgan fingerprint density at radius 3 is 2.75 bits per heavy atom. The molecule has 0 aromatic heterocycles. The van der Waals surface area contributed by atoms with Gasteiger partial charge in [-0.2, -0.15) is 0 Å². The zero-order valence-corrected chi connectivity index (χ0v) is 7.88. The molecule has 0 saturated carbocycles. The van der Waals surface area contributed by atoms with Gasteiger partial charge in [0.15, 0.2) is 0 Å². The zero-order chi connectivity index (χ0) is 8.97. The molecule has 1 aromatic rings. The van der Waals surface area contributed by atoms with E-state index >= 15 is 0 Å². The molecule has 2 N–H and O–H groups in total. The van der Waals surface area contributed by atoms with Crippen molar-refractivity contribution in [1.82, 2.24) is 0 Å². The molecule has 0 saturated heterocycles. The van der Waals surface area contributed by atoms with Crippen LogP contribution in [0.25, 0.3) is 0 Å². The molecule has 0 heterocycles. The third-order valence-corrected chi connectivity index (χ3v) is 2.02. The van der Waals surface area contributed by atoms with Crippen molar-refractivity contribution in [3.63, 3.8) is 0 Å². The molecule has 1 unspecified atom stereocenters. The van der Waals surface area contributed by atoms with Gasteiger partial charge in [0.1, 0.15) is 0 Å². The van der Waals surface area contributed by atoms with Crippen LogP contribution in [0.1, 0.15) is 37.4 Å². The van der Waals surface area contributed by atoms with Crippen LogP contribution in [0.4, 0.5) is 0 Å². The van der Waals surface area contributed by atoms with E-state index in [2.05, 4.69) is 31.2 Å². The number of aryl methyl sites for hydroxylation is 1. The topological polar surface area (TPSA) is 26.0 Å². The zero-order valence-electron chi connectivity index (χ0n) is 7.88. The van der Waals surface area contributed by atoms with E-state index in [4.69, 9.17) is 5.73 Å². The van der Waals surface area contributed by atoms with Crippen molar-refractivity contribution in [2.24, 2.45) is 5.73 Å². The van der Waals surface area contributed by atoms with E-state index in [-0.39, 0.29) is 6.04 Å². The van der Waals surface area contributed by atoms with E-state index in [1.54, 1.807) is 0 Å². The Hall–Kier alpha value is -0.820. The molecule has 1 rings (SSSR count). The quantitative estimate of drug-likeness (QED) is 0.728. The van der Waals surface area contributed by atoms with Crippen molar-refractivity contribution in [1.29, 1.82) is 0 Å². The Labute approximate surface area is 74.6 Å². The predicted octanol–water partition coefficient (Wildman–Crippen LogP) is 2.66. The van der Waals surface area contributed by atoms with Crippen LogP contribution in [0, 0.1) is 0 Å². The lowest BCUT2D eigenvalue weighted by molar-refractivity contribution is 0.812. The minimum absolute atomic E-state index is 0.154. The van der Waals surface area contributed by atoms with Crippen molar-refractivity contribution in [3.05, 3.63) is 35.4 Å². The first-order valence-corrected chi connectivity index (χ1v) is 4.58. The van der Waals surface area contributed by atoms with Gasteiger partial charge in [-0.25, -0.2) is 0 Å². The van der Waals surface area contributed by atoms with E-state index in [0.29, 0.717) is 0 Å². The summed E-state index contributed by atoms with van der Waals surface area (Å²) in [4.78, 5) is 0. The fourth-order valence-corrected chi connectivity index (χ4v) is 1.32. The van der Waals surface area contributed by atoms with Crippen LogP contribution < -0.4 is 5.73 Å². The lowest BCUT2D eigenvalue weighted by Gasteiger charge is -2.06. The van der Waals surface area contributed by atoms with Crippen molar-refractivity contribution in [2.45, 2.75) is 32.7 Å². The summed E-state index contributed by atoms with van der Waals surface area (Å²) < 4.78 is 0. The molecule has 12 heavy (non-hydrogen) atoms. The molecule has 0 bridgehead atoms. The third-order valence-electron chi connectivity index (χ3n) is 2.02. The van der Waals surface area contributed by atoms with Gasteiger partial charge in [0.05, 0.1) is 0 Å². The van der Waals surface area contributed by atoms with Gasteiger partial charge in [-0.1, -0.05) is 37.6 Å². The normalized spacial score (nSPS) is 12.9. The molecule has 0 fully saturated rings. The first-order chi connectivity index (χ1) is 5.74. The molecule has 66 valence electrons. The molecular weight excluding hydrogens is 146 g/mol. The molecule has 0 aliphatic heterocycles. The van der Waals surface area contributed by atoms with E-state index < -0.39 is 0 Å². The summed E-state index contributed by atoms with van der Waals surface area (Å²) in [5.41, 5.74) is 8.41. The molecule has 1 aromatic carbocycles. The molecule has 0 aliphatic carbocycles. The summed E-state index contributed by atoms with van der Waals surface area (Å²) >= 11 is 0. The smallest absolute Gasteiger partial charge is 0.0266 e. The van der Waals surface area contributed by atoms with Gasteiger partial charge in [0, 0.05) is 6.04 Å². The second kappa shape index (κ2) is 4.27. The summed E-state index contributed by atoms with van der Waals surface area (Å²) in [7, 11) is 0. The largest absolute Gasteiger partial charge is 0.324 e. The maximum absolute atomic E-state index is 5.78. The summed E-state index contributed by atoms with van der Waals surface area (Å²) in [6.07, 6.45) is 2.35. The molecule has 1 heteroatoms. The number of hydrogen-bond donors (Lipinski definition) is 1. The maximum atomic E-state index is 5.78. The van der Waals surface area contributed by atoms with Gasteiger partial charge < -0.3 is 5.73 Å². The predicted molar refractivity (Wildman–Crippen MR) is 53.0 cm³/mol. The Morgan fingerprint density at radius 2 is 2.17 bits per heavy atom. The molecule has 0 aliphatic rings. The first kappa shape index (κ1) is 9.27. The van der Waals surface area contributed by atoms with Gasteiger partial charge in [0.25, 0.3) is 0 Å². The molecule has 0 amide bonds. The Bertz CT molecular complexity index is 241.